The molecule has 1 N–H and O–H groups in total. The van der Waals surface area contributed by atoms with Gasteiger partial charge < -0.3 is 14.6 Å². The van der Waals surface area contributed by atoms with Crippen LogP contribution in [-0.4, -0.2) is 36.2 Å². The van der Waals surface area contributed by atoms with Crippen molar-refractivity contribution in [2.45, 2.75) is 20.8 Å². The van der Waals surface area contributed by atoms with Crippen molar-refractivity contribution in [1.82, 2.24) is 0 Å². The third-order valence-electron chi connectivity index (χ3n) is 1.54. The highest BCUT2D eigenvalue weighted by Crippen LogP contribution is 2.16. The molecule has 0 aliphatic rings. The van der Waals surface area contributed by atoms with Crippen LogP contribution >= 0.6 is 0 Å². The number of ether oxygens (including phenoxy) is 2. The van der Waals surface area contributed by atoms with Crippen LogP contribution in [0.2, 0.25) is 0 Å². The standard InChI is InChI=1S/C11H16O4.C2H4O2/c1-5-9(12)14-7-11(3,4)8-15-10(13)6-2;1-2(3)4/h5-6H,1-2,7-8H2,3-4H3;1H3,(H,3,4). The summed E-state index contributed by atoms with van der Waals surface area (Å²) in [6.45, 7) is 11.6. The van der Waals surface area contributed by atoms with E-state index in [4.69, 9.17) is 19.4 Å². The molecule has 0 aromatic rings. The molecule has 0 aliphatic carbocycles. The summed E-state index contributed by atoms with van der Waals surface area (Å²) in [5, 5.41) is 7.42. The summed E-state index contributed by atoms with van der Waals surface area (Å²) in [7, 11) is 0. The summed E-state index contributed by atoms with van der Waals surface area (Å²) in [4.78, 5) is 30.6. The lowest BCUT2D eigenvalue weighted by atomic mass is 9.96. The van der Waals surface area contributed by atoms with Gasteiger partial charge in [0, 0.05) is 24.5 Å². The van der Waals surface area contributed by atoms with E-state index in [-0.39, 0.29) is 13.2 Å². The minimum Gasteiger partial charge on any atom is -0.481 e. The molecule has 0 saturated carbocycles. The highest BCUT2D eigenvalue weighted by molar-refractivity contribution is 5.81. The third kappa shape index (κ3) is 15.9. The average molecular weight is 272 g/mol. The van der Waals surface area contributed by atoms with E-state index < -0.39 is 23.3 Å². The summed E-state index contributed by atoms with van der Waals surface area (Å²) in [6, 6.07) is 0. The molecule has 0 spiro atoms. The van der Waals surface area contributed by atoms with Gasteiger partial charge in [0.05, 0.1) is 13.2 Å². The summed E-state index contributed by atoms with van der Waals surface area (Å²) < 4.78 is 9.70. The first kappa shape index (κ1) is 19.2. The highest BCUT2D eigenvalue weighted by atomic mass is 16.5. The van der Waals surface area contributed by atoms with E-state index in [0.717, 1.165) is 19.1 Å². The second-order valence-corrected chi connectivity index (χ2v) is 4.31. The van der Waals surface area contributed by atoms with Crippen LogP contribution in [0.25, 0.3) is 0 Å². The molecule has 0 aliphatic heterocycles. The molecule has 0 bridgehead atoms. The lowest BCUT2D eigenvalue weighted by Crippen LogP contribution is -2.27. The fourth-order valence-corrected chi connectivity index (χ4v) is 0.693. The quantitative estimate of drug-likeness (QED) is 0.583. The van der Waals surface area contributed by atoms with Gasteiger partial charge in [-0.15, -0.1) is 0 Å². The molecule has 19 heavy (non-hydrogen) atoms. The summed E-state index contributed by atoms with van der Waals surface area (Å²) in [6.07, 6.45) is 2.18. The monoisotopic (exact) mass is 272 g/mol. The van der Waals surface area contributed by atoms with Crippen molar-refractivity contribution in [3.8, 4) is 0 Å². The van der Waals surface area contributed by atoms with E-state index in [1.54, 1.807) is 0 Å². The Balaban J connectivity index is 0. The Hall–Kier alpha value is -2.11. The average Bonchev–Trinajstić information content (AvgIpc) is 2.32. The van der Waals surface area contributed by atoms with Crippen molar-refractivity contribution >= 4 is 17.9 Å². The topological polar surface area (TPSA) is 89.9 Å². The zero-order valence-corrected chi connectivity index (χ0v) is 11.5. The van der Waals surface area contributed by atoms with Gasteiger partial charge in [-0.05, 0) is 0 Å². The van der Waals surface area contributed by atoms with Crippen LogP contribution < -0.4 is 0 Å². The van der Waals surface area contributed by atoms with Gasteiger partial charge in [0.15, 0.2) is 0 Å². The number of carboxylic acid groups (broad SMARTS) is 1. The van der Waals surface area contributed by atoms with Crippen LogP contribution in [0.1, 0.15) is 20.8 Å². The molecular weight excluding hydrogens is 252 g/mol. The smallest absolute Gasteiger partial charge is 0.330 e. The fourth-order valence-electron chi connectivity index (χ4n) is 0.693. The number of rotatable bonds is 6. The molecule has 0 rings (SSSR count). The van der Waals surface area contributed by atoms with Gasteiger partial charge >= 0.3 is 11.9 Å². The van der Waals surface area contributed by atoms with Gasteiger partial charge in [0.1, 0.15) is 0 Å². The predicted molar refractivity (Wildman–Crippen MR) is 69.4 cm³/mol. The molecule has 0 heterocycles. The minimum atomic E-state index is -0.833. The second kappa shape index (κ2) is 9.87. The molecule has 0 unspecified atom stereocenters. The fraction of sp³-hybridized carbons (Fsp3) is 0.462. The first-order chi connectivity index (χ1) is 8.64. The highest BCUT2D eigenvalue weighted by Gasteiger charge is 2.21. The molecule has 108 valence electrons. The molecule has 0 amide bonds. The van der Waals surface area contributed by atoms with Gasteiger partial charge in [0.2, 0.25) is 0 Å². The van der Waals surface area contributed by atoms with Crippen LogP contribution in [-0.2, 0) is 23.9 Å². The Morgan fingerprint density at radius 3 is 1.53 bits per heavy atom. The maximum Gasteiger partial charge on any atom is 0.330 e. The van der Waals surface area contributed by atoms with Crippen molar-refractivity contribution in [3.05, 3.63) is 25.3 Å². The van der Waals surface area contributed by atoms with Crippen LogP contribution in [0.4, 0.5) is 0 Å². The Labute approximate surface area is 112 Å². The van der Waals surface area contributed by atoms with Gasteiger partial charge in [-0.3, -0.25) is 4.79 Å². The van der Waals surface area contributed by atoms with E-state index in [2.05, 4.69) is 13.2 Å². The second-order valence-electron chi connectivity index (χ2n) is 4.31. The molecule has 6 heteroatoms. The van der Waals surface area contributed by atoms with Gasteiger partial charge in [-0.2, -0.15) is 0 Å². The number of carbonyl (C=O) groups is 3. The number of hydrogen-bond donors (Lipinski definition) is 1. The molecule has 0 fully saturated rings. The minimum absolute atomic E-state index is 0.169. The van der Waals surface area contributed by atoms with E-state index in [0.29, 0.717) is 0 Å². The van der Waals surface area contributed by atoms with E-state index in [1.165, 1.54) is 0 Å². The van der Waals surface area contributed by atoms with Crippen LogP contribution in [0.15, 0.2) is 25.3 Å². The Morgan fingerprint density at radius 1 is 1.05 bits per heavy atom. The Kier molecular flexibility index (Phi) is 10.00. The van der Waals surface area contributed by atoms with Crippen molar-refractivity contribution in [1.29, 1.82) is 0 Å². The van der Waals surface area contributed by atoms with Crippen LogP contribution in [0, 0.1) is 5.41 Å². The lowest BCUT2D eigenvalue weighted by Gasteiger charge is -2.22. The first-order valence-corrected chi connectivity index (χ1v) is 5.42. The van der Waals surface area contributed by atoms with E-state index in [1.807, 2.05) is 13.8 Å². The number of carbonyl (C=O) groups excluding carboxylic acids is 2. The Morgan fingerprint density at radius 2 is 1.32 bits per heavy atom. The van der Waals surface area contributed by atoms with Crippen molar-refractivity contribution in [2.24, 2.45) is 5.41 Å². The number of carboxylic acids is 1. The Bertz CT molecular complexity index is 313. The largest absolute Gasteiger partial charge is 0.481 e. The van der Waals surface area contributed by atoms with Gasteiger partial charge in [0.25, 0.3) is 5.97 Å². The summed E-state index contributed by atoms with van der Waals surface area (Å²) >= 11 is 0. The van der Waals surface area contributed by atoms with Crippen LogP contribution in [0.5, 0.6) is 0 Å². The lowest BCUT2D eigenvalue weighted by molar-refractivity contribution is -0.146. The zero-order chi connectivity index (χ0) is 15.5. The molecule has 0 aromatic carbocycles. The van der Waals surface area contributed by atoms with Crippen molar-refractivity contribution < 1.29 is 29.0 Å². The summed E-state index contributed by atoms with van der Waals surface area (Å²) in [5.41, 5.74) is -0.419. The van der Waals surface area contributed by atoms with Gasteiger partial charge in [-0.25, -0.2) is 9.59 Å². The first-order valence-electron chi connectivity index (χ1n) is 5.42. The van der Waals surface area contributed by atoms with Crippen molar-refractivity contribution in [3.63, 3.8) is 0 Å². The SMILES string of the molecule is C=CC(=O)OCC(C)(C)COC(=O)C=C.CC(=O)O. The third-order valence-corrected chi connectivity index (χ3v) is 1.54. The molecule has 0 saturated heterocycles. The van der Waals surface area contributed by atoms with E-state index >= 15 is 0 Å². The van der Waals surface area contributed by atoms with Gasteiger partial charge in [-0.1, -0.05) is 27.0 Å². The predicted octanol–water partition coefficient (Wildman–Crippen LogP) is 1.56. The number of hydrogen-bond acceptors (Lipinski definition) is 5. The van der Waals surface area contributed by atoms with Crippen LogP contribution in [0.3, 0.4) is 0 Å². The number of aliphatic carboxylic acids is 1. The van der Waals surface area contributed by atoms with Crippen molar-refractivity contribution in [2.75, 3.05) is 13.2 Å². The molecule has 6 nitrogen and oxygen atoms in total. The normalized spacial score (nSPS) is 9.42. The molecular formula is C13H20O6. The molecule has 0 aromatic heterocycles. The summed E-state index contributed by atoms with van der Waals surface area (Å²) in [5.74, 6) is -1.81. The molecule has 0 radical (unpaired) electrons. The molecule has 0 atom stereocenters. The maximum absolute atomic E-state index is 10.8. The van der Waals surface area contributed by atoms with E-state index in [9.17, 15) is 9.59 Å². The number of esters is 2. The maximum atomic E-state index is 10.8. The zero-order valence-electron chi connectivity index (χ0n) is 11.5.